The van der Waals surface area contributed by atoms with Crippen LogP contribution in [0.1, 0.15) is 98.1 Å². The number of alkyl carbamates (subject to hydrolysis) is 1. The highest BCUT2D eigenvalue weighted by molar-refractivity contribution is 6.00. The van der Waals surface area contributed by atoms with E-state index in [-0.39, 0.29) is 23.5 Å². The van der Waals surface area contributed by atoms with Crippen LogP contribution in [0.25, 0.3) is 10.8 Å². The summed E-state index contributed by atoms with van der Waals surface area (Å²) in [6.07, 6.45) is 5.75. The number of hydrogen-bond donors (Lipinski definition) is 3. The lowest BCUT2D eigenvalue weighted by Gasteiger charge is -2.35. The second-order valence-electron chi connectivity index (χ2n) is 13.2. The molecule has 0 fully saturated rings. The predicted octanol–water partition coefficient (Wildman–Crippen LogP) is 8.35. The third kappa shape index (κ3) is 11.4. The number of carbonyl (C=O) groups excluding carboxylic acids is 3. The Kier molecular flexibility index (Phi) is 13.3. The second-order valence-corrected chi connectivity index (χ2v) is 13.2. The summed E-state index contributed by atoms with van der Waals surface area (Å²) in [7, 11) is 0. The fourth-order valence-electron chi connectivity index (χ4n) is 5.38. The van der Waals surface area contributed by atoms with Gasteiger partial charge in [-0.15, -0.1) is 0 Å². The zero-order valence-electron chi connectivity index (χ0n) is 27.8. The van der Waals surface area contributed by atoms with Crippen LogP contribution in [0, 0.1) is 5.92 Å². The van der Waals surface area contributed by atoms with Crippen molar-refractivity contribution in [2.75, 3.05) is 11.9 Å². The molecule has 3 N–H and O–H groups in total. The van der Waals surface area contributed by atoms with E-state index < -0.39 is 23.8 Å². The molecule has 8 nitrogen and oxygen atoms in total. The monoisotopic (exact) mass is 617 g/mol. The summed E-state index contributed by atoms with van der Waals surface area (Å²) < 4.78 is 5.51. The third-order valence-corrected chi connectivity index (χ3v) is 7.52. The molecule has 45 heavy (non-hydrogen) atoms. The standard InChI is InChI=1S/C37H51N3O5/c1-7-8-9-10-11-14-23-40(35(43)32(24-26(2)3)39-36(44)45-37(4,5)6)33(28-18-21-31(41)22-19-28)34(42)38-30-20-17-27-15-12-13-16-29(27)25-30/h12-13,15-22,25-26,32-33,41H,7-11,14,23-24H2,1-6H3,(H,38,42)(H,39,44). The molecular formula is C37H51N3O5. The summed E-state index contributed by atoms with van der Waals surface area (Å²) in [6.45, 7) is 11.8. The number of rotatable bonds is 15. The van der Waals surface area contributed by atoms with Crippen LogP contribution in [0.2, 0.25) is 0 Å². The highest BCUT2D eigenvalue weighted by Gasteiger charge is 2.36. The van der Waals surface area contributed by atoms with Crippen LogP contribution >= 0.6 is 0 Å². The van der Waals surface area contributed by atoms with Crippen molar-refractivity contribution < 1.29 is 24.2 Å². The van der Waals surface area contributed by atoms with Crippen LogP contribution in [0.3, 0.4) is 0 Å². The van der Waals surface area contributed by atoms with Gasteiger partial charge in [0.05, 0.1) is 0 Å². The Labute approximate surface area is 268 Å². The SMILES string of the molecule is CCCCCCCCN(C(=O)C(CC(C)C)NC(=O)OC(C)(C)C)C(C(=O)Nc1ccc2ccccc2c1)c1ccc(O)cc1. The Morgan fingerprint density at radius 1 is 0.867 bits per heavy atom. The maximum absolute atomic E-state index is 14.5. The van der Waals surface area contributed by atoms with E-state index in [9.17, 15) is 19.5 Å². The van der Waals surface area contributed by atoms with Crippen LogP contribution in [0.5, 0.6) is 5.75 Å². The number of carbonyl (C=O) groups is 3. The molecule has 2 atom stereocenters. The van der Waals surface area contributed by atoms with E-state index in [1.165, 1.54) is 12.1 Å². The van der Waals surface area contributed by atoms with Crippen molar-refractivity contribution in [1.82, 2.24) is 10.2 Å². The van der Waals surface area contributed by atoms with Gasteiger partial charge in [-0.1, -0.05) is 95.3 Å². The lowest BCUT2D eigenvalue weighted by Crippen LogP contribution is -2.53. The first-order valence-corrected chi connectivity index (χ1v) is 16.3. The zero-order chi connectivity index (χ0) is 33.0. The zero-order valence-corrected chi connectivity index (χ0v) is 27.8. The van der Waals surface area contributed by atoms with Gasteiger partial charge >= 0.3 is 6.09 Å². The Morgan fingerprint density at radius 2 is 1.51 bits per heavy atom. The quantitative estimate of drug-likeness (QED) is 0.149. The molecule has 2 unspecified atom stereocenters. The van der Waals surface area contributed by atoms with E-state index in [0.717, 1.165) is 42.9 Å². The van der Waals surface area contributed by atoms with Crippen molar-refractivity contribution in [3.63, 3.8) is 0 Å². The van der Waals surface area contributed by atoms with Gasteiger partial charge in [0.25, 0.3) is 5.91 Å². The van der Waals surface area contributed by atoms with E-state index >= 15 is 0 Å². The maximum atomic E-state index is 14.5. The molecular weight excluding hydrogens is 566 g/mol. The molecule has 0 saturated heterocycles. The average Bonchev–Trinajstić information content (AvgIpc) is 2.97. The Morgan fingerprint density at radius 3 is 2.16 bits per heavy atom. The van der Waals surface area contributed by atoms with Crippen molar-refractivity contribution >= 4 is 34.4 Å². The lowest BCUT2D eigenvalue weighted by molar-refractivity contribution is -0.141. The number of fused-ring (bicyclic) bond motifs is 1. The average molecular weight is 618 g/mol. The molecule has 0 bridgehead atoms. The van der Waals surface area contributed by atoms with Gasteiger partial charge in [0.2, 0.25) is 5.91 Å². The number of phenols is 1. The van der Waals surface area contributed by atoms with Crippen molar-refractivity contribution in [3.05, 3.63) is 72.3 Å². The normalized spacial score (nSPS) is 12.9. The fraction of sp³-hybridized carbons (Fsp3) is 0.486. The van der Waals surface area contributed by atoms with Gasteiger partial charge in [-0.05, 0) is 80.1 Å². The number of benzene rings is 3. The topological polar surface area (TPSA) is 108 Å². The van der Waals surface area contributed by atoms with E-state index in [1.807, 2.05) is 56.3 Å². The number of aromatic hydroxyl groups is 1. The summed E-state index contributed by atoms with van der Waals surface area (Å²) in [4.78, 5) is 43.2. The van der Waals surface area contributed by atoms with Crippen molar-refractivity contribution in [2.45, 2.75) is 104 Å². The van der Waals surface area contributed by atoms with Crippen molar-refractivity contribution in [3.8, 4) is 5.75 Å². The van der Waals surface area contributed by atoms with Gasteiger partial charge in [0.1, 0.15) is 23.4 Å². The van der Waals surface area contributed by atoms with Gasteiger partial charge < -0.3 is 25.4 Å². The summed E-state index contributed by atoms with van der Waals surface area (Å²) >= 11 is 0. The van der Waals surface area contributed by atoms with Crippen LogP contribution < -0.4 is 10.6 Å². The van der Waals surface area contributed by atoms with Gasteiger partial charge in [0.15, 0.2) is 0 Å². The fourth-order valence-corrected chi connectivity index (χ4v) is 5.38. The smallest absolute Gasteiger partial charge is 0.408 e. The largest absolute Gasteiger partial charge is 0.508 e. The van der Waals surface area contributed by atoms with Crippen molar-refractivity contribution in [1.29, 1.82) is 0 Å². The van der Waals surface area contributed by atoms with Crippen LogP contribution in [0.15, 0.2) is 66.7 Å². The van der Waals surface area contributed by atoms with Gasteiger partial charge in [-0.3, -0.25) is 9.59 Å². The Balaban J connectivity index is 2.00. The second kappa shape index (κ2) is 16.8. The van der Waals surface area contributed by atoms with Crippen LogP contribution in [-0.4, -0.2) is 46.1 Å². The molecule has 3 aromatic carbocycles. The van der Waals surface area contributed by atoms with Crippen molar-refractivity contribution in [2.24, 2.45) is 5.92 Å². The molecule has 3 amide bonds. The molecule has 0 aliphatic rings. The van der Waals surface area contributed by atoms with Gasteiger partial charge in [-0.2, -0.15) is 0 Å². The first-order valence-electron chi connectivity index (χ1n) is 16.3. The summed E-state index contributed by atoms with van der Waals surface area (Å²) in [5.74, 6) is -0.584. The molecule has 0 aliphatic heterocycles. The number of ether oxygens (including phenoxy) is 1. The number of anilines is 1. The number of phenolic OH excluding ortho intramolecular Hbond substituents is 1. The molecule has 3 aromatic rings. The molecule has 244 valence electrons. The molecule has 0 heterocycles. The number of nitrogens with one attached hydrogen (secondary N) is 2. The van der Waals surface area contributed by atoms with Gasteiger partial charge in [-0.25, -0.2) is 4.79 Å². The molecule has 0 aromatic heterocycles. The first-order chi connectivity index (χ1) is 21.4. The summed E-state index contributed by atoms with van der Waals surface area (Å²) in [5, 5.41) is 17.9. The Hall–Kier alpha value is -4.07. The maximum Gasteiger partial charge on any atom is 0.408 e. The number of unbranched alkanes of at least 4 members (excludes halogenated alkanes) is 5. The number of nitrogens with zero attached hydrogens (tertiary/aromatic N) is 1. The molecule has 3 rings (SSSR count). The molecule has 0 radical (unpaired) electrons. The molecule has 0 aliphatic carbocycles. The van der Waals surface area contributed by atoms with E-state index in [2.05, 4.69) is 17.6 Å². The third-order valence-electron chi connectivity index (χ3n) is 7.52. The summed E-state index contributed by atoms with van der Waals surface area (Å²) in [5.41, 5.74) is 0.438. The minimum atomic E-state index is -1.00. The highest BCUT2D eigenvalue weighted by atomic mass is 16.6. The van der Waals surface area contributed by atoms with Crippen LogP contribution in [-0.2, 0) is 14.3 Å². The number of hydrogen-bond acceptors (Lipinski definition) is 5. The first kappa shape index (κ1) is 35.4. The predicted molar refractivity (Wildman–Crippen MR) is 181 cm³/mol. The van der Waals surface area contributed by atoms with Gasteiger partial charge in [0, 0.05) is 12.2 Å². The van der Waals surface area contributed by atoms with E-state index in [0.29, 0.717) is 30.6 Å². The molecule has 0 saturated carbocycles. The molecule has 8 heteroatoms. The van der Waals surface area contributed by atoms with Crippen LogP contribution in [0.4, 0.5) is 10.5 Å². The Bertz CT molecular complexity index is 1400. The summed E-state index contributed by atoms with van der Waals surface area (Å²) in [6, 6.07) is 18.1. The van der Waals surface area contributed by atoms with E-state index in [1.54, 1.807) is 37.8 Å². The minimum absolute atomic E-state index is 0.0607. The minimum Gasteiger partial charge on any atom is -0.508 e. The number of amides is 3. The lowest BCUT2D eigenvalue weighted by atomic mass is 9.98. The van der Waals surface area contributed by atoms with E-state index in [4.69, 9.17) is 4.74 Å². The molecule has 0 spiro atoms. The highest BCUT2D eigenvalue weighted by Crippen LogP contribution is 2.28.